The molecule has 10 heavy (non-hydrogen) atoms. The molecule has 0 spiro atoms. The SMILES string of the molecule is CC(C)C(C)C.Cl[SiH](Cl)Cl. The predicted molar refractivity (Wildman–Crippen MR) is 54.4 cm³/mol. The zero-order valence-corrected chi connectivity index (χ0v) is 10.3. The van der Waals surface area contributed by atoms with E-state index in [9.17, 15) is 0 Å². The van der Waals surface area contributed by atoms with Gasteiger partial charge >= 0.3 is 6.73 Å². The zero-order chi connectivity index (χ0) is 8.73. The molecular formula is C6H15Cl3Si. The summed E-state index contributed by atoms with van der Waals surface area (Å²) in [4.78, 5) is 0. The van der Waals surface area contributed by atoms with Crippen LogP contribution in [0.15, 0.2) is 0 Å². The van der Waals surface area contributed by atoms with Crippen LogP contribution >= 0.6 is 33.2 Å². The first-order valence-corrected chi connectivity index (χ1v) is 8.53. The molecule has 0 nitrogen and oxygen atoms in total. The van der Waals surface area contributed by atoms with Crippen LogP contribution in [0.2, 0.25) is 0 Å². The Morgan fingerprint density at radius 1 is 0.800 bits per heavy atom. The third-order valence-electron chi connectivity index (χ3n) is 1.33. The third kappa shape index (κ3) is 23.0. The van der Waals surface area contributed by atoms with Crippen molar-refractivity contribution < 1.29 is 0 Å². The highest BCUT2D eigenvalue weighted by Crippen LogP contribution is 2.05. The lowest BCUT2D eigenvalue weighted by Gasteiger charge is -2.05. The van der Waals surface area contributed by atoms with Crippen LogP contribution in [0.3, 0.4) is 0 Å². The van der Waals surface area contributed by atoms with Crippen molar-refractivity contribution in [1.29, 1.82) is 0 Å². The van der Waals surface area contributed by atoms with Crippen molar-refractivity contribution in [3.05, 3.63) is 0 Å². The molecule has 0 aliphatic carbocycles. The van der Waals surface area contributed by atoms with E-state index >= 15 is 0 Å². The summed E-state index contributed by atoms with van der Waals surface area (Å²) in [5.74, 6) is 1.70. The lowest BCUT2D eigenvalue weighted by molar-refractivity contribution is 0.457. The standard InChI is InChI=1S/C6H14.Cl3HSi/c1-5(2)6(3)4;1-4(2)3/h5-6H,1-4H3;4H. The normalized spacial score (nSPS) is 10.2. The summed E-state index contributed by atoms with van der Waals surface area (Å²) in [6.07, 6.45) is 0. The fraction of sp³-hybridized carbons (Fsp3) is 1.00. The van der Waals surface area contributed by atoms with E-state index in [1.165, 1.54) is 0 Å². The van der Waals surface area contributed by atoms with E-state index in [1.54, 1.807) is 0 Å². The second-order valence-electron chi connectivity index (χ2n) is 2.74. The summed E-state index contributed by atoms with van der Waals surface area (Å²) in [5.41, 5.74) is 0. The lowest BCUT2D eigenvalue weighted by atomic mass is 10.0. The Morgan fingerprint density at radius 2 is 0.900 bits per heavy atom. The minimum absolute atomic E-state index is 0.852. The molecule has 0 aromatic rings. The largest absolute Gasteiger partial charge is 0.326 e. The van der Waals surface area contributed by atoms with Crippen LogP contribution in [0, 0.1) is 11.8 Å². The van der Waals surface area contributed by atoms with Crippen molar-refractivity contribution in [3.8, 4) is 0 Å². The van der Waals surface area contributed by atoms with Crippen molar-refractivity contribution in [3.63, 3.8) is 0 Å². The molecule has 0 unspecified atom stereocenters. The molecule has 0 fully saturated rings. The number of rotatable bonds is 1. The summed E-state index contributed by atoms with van der Waals surface area (Å²) in [5, 5.41) is 0. The molecule has 0 aliphatic rings. The lowest BCUT2D eigenvalue weighted by Crippen LogP contribution is -1.95. The van der Waals surface area contributed by atoms with E-state index in [0.29, 0.717) is 0 Å². The summed E-state index contributed by atoms with van der Waals surface area (Å²) in [7, 11) is 0. The van der Waals surface area contributed by atoms with Crippen LogP contribution in [-0.4, -0.2) is 6.73 Å². The molecule has 0 saturated heterocycles. The Hall–Kier alpha value is 1.09. The van der Waals surface area contributed by atoms with Gasteiger partial charge in [-0.3, -0.25) is 0 Å². The van der Waals surface area contributed by atoms with Gasteiger partial charge in [0, 0.05) is 0 Å². The van der Waals surface area contributed by atoms with Crippen molar-refractivity contribution in [1.82, 2.24) is 0 Å². The van der Waals surface area contributed by atoms with Crippen molar-refractivity contribution in [2.45, 2.75) is 27.7 Å². The minimum Gasteiger partial charge on any atom is -0.130 e. The van der Waals surface area contributed by atoms with E-state index in [1.807, 2.05) is 0 Å². The third-order valence-corrected chi connectivity index (χ3v) is 1.33. The first kappa shape index (κ1) is 13.7. The molecule has 64 valence electrons. The molecule has 0 aromatic carbocycles. The molecule has 0 saturated carbocycles. The molecule has 0 heterocycles. The quantitative estimate of drug-likeness (QED) is 0.468. The Morgan fingerprint density at radius 3 is 0.900 bits per heavy atom. The van der Waals surface area contributed by atoms with Gasteiger partial charge in [0.2, 0.25) is 0 Å². The van der Waals surface area contributed by atoms with Gasteiger partial charge in [-0.25, -0.2) is 0 Å². The zero-order valence-electron chi connectivity index (χ0n) is 6.87. The van der Waals surface area contributed by atoms with Crippen molar-refractivity contribution >= 4 is 40.0 Å². The summed E-state index contributed by atoms with van der Waals surface area (Å²) in [6, 6.07) is 0. The molecular weight excluding hydrogens is 207 g/mol. The van der Waals surface area contributed by atoms with E-state index in [4.69, 9.17) is 33.2 Å². The van der Waals surface area contributed by atoms with Gasteiger partial charge in [-0.1, -0.05) is 27.7 Å². The van der Waals surface area contributed by atoms with Crippen molar-refractivity contribution in [2.75, 3.05) is 0 Å². The van der Waals surface area contributed by atoms with Crippen molar-refractivity contribution in [2.24, 2.45) is 11.8 Å². The molecule has 0 aliphatic heterocycles. The molecule has 0 atom stereocenters. The molecule has 0 N–H and O–H groups in total. The van der Waals surface area contributed by atoms with Crippen LogP contribution < -0.4 is 0 Å². The van der Waals surface area contributed by atoms with Gasteiger partial charge in [0.25, 0.3) is 0 Å². The highest BCUT2D eigenvalue weighted by atomic mass is 35.8. The molecule has 4 heteroatoms. The Labute approximate surface area is 79.6 Å². The average Bonchev–Trinajstić information content (AvgIpc) is 1.63. The summed E-state index contributed by atoms with van der Waals surface area (Å²) in [6.45, 7) is 7.24. The molecule has 0 rings (SSSR count). The van der Waals surface area contributed by atoms with E-state index < -0.39 is 6.73 Å². The van der Waals surface area contributed by atoms with Crippen LogP contribution in [-0.2, 0) is 0 Å². The second-order valence-corrected chi connectivity index (χ2v) is 9.17. The maximum absolute atomic E-state index is 4.94. The Balaban J connectivity index is 0. The van der Waals surface area contributed by atoms with Gasteiger partial charge in [0.1, 0.15) is 0 Å². The van der Waals surface area contributed by atoms with Crippen LogP contribution in [0.5, 0.6) is 0 Å². The van der Waals surface area contributed by atoms with Crippen LogP contribution in [0.4, 0.5) is 0 Å². The highest BCUT2D eigenvalue weighted by molar-refractivity contribution is 7.54. The maximum Gasteiger partial charge on any atom is 0.326 e. The van der Waals surface area contributed by atoms with Gasteiger partial charge in [0.15, 0.2) is 0 Å². The monoisotopic (exact) mass is 220 g/mol. The fourth-order valence-electron chi connectivity index (χ4n) is 0. The van der Waals surface area contributed by atoms with E-state index in [0.717, 1.165) is 11.8 Å². The Bertz CT molecular complexity index is 55.3. The van der Waals surface area contributed by atoms with Gasteiger partial charge in [-0.2, -0.15) is 0 Å². The topological polar surface area (TPSA) is 0 Å². The first-order valence-electron chi connectivity index (χ1n) is 3.30. The maximum atomic E-state index is 4.94. The van der Waals surface area contributed by atoms with Crippen LogP contribution in [0.25, 0.3) is 0 Å². The summed E-state index contributed by atoms with van der Waals surface area (Å²) < 4.78 is 0. The summed E-state index contributed by atoms with van der Waals surface area (Å²) >= 11 is 14.8. The molecule has 0 amide bonds. The van der Waals surface area contributed by atoms with Gasteiger partial charge in [-0.15, -0.1) is 33.2 Å². The predicted octanol–water partition coefficient (Wildman–Crippen LogP) is 3.72. The minimum atomic E-state index is -1.72. The molecule has 0 aromatic heterocycles. The Kier molecular flexibility index (Phi) is 11.2. The smallest absolute Gasteiger partial charge is 0.130 e. The second kappa shape index (κ2) is 8.19. The van der Waals surface area contributed by atoms with Crippen LogP contribution in [0.1, 0.15) is 27.7 Å². The van der Waals surface area contributed by atoms with Gasteiger partial charge in [0.05, 0.1) is 0 Å². The first-order chi connectivity index (χ1) is 4.37. The number of halogens is 3. The van der Waals surface area contributed by atoms with Gasteiger partial charge < -0.3 is 0 Å². The number of hydrogen-bond acceptors (Lipinski definition) is 0. The molecule has 0 radical (unpaired) electrons. The molecule has 0 bridgehead atoms. The average molecular weight is 222 g/mol. The number of hydrogen-bond donors (Lipinski definition) is 0. The van der Waals surface area contributed by atoms with E-state index in [2.05, 4.69) is 27.7 Å². The van der Waals surface area contributed by atoms with E-state index in [-0.39, 0.29) is 0 Å². The van der Waals surface area contributed by atoms with Gasteiger partial charge in [-0.05, 0) is 11.8 Å². The fourth-order valence-corrected chi connectivity index (χ4v) is 0. The highest BCUT2D eigenvalue weighted by Gasteiger charge is 1.95.